The molecule has 2 fully saturated rings. The first kappa shape index (κ1) is 12.4. The first-order valence-corrected chi connectivity index (χ1v) is 7.30. The van der Waals surface area contributed by atoms with Crippen molar-refractivity contribution in [1.29, 1.82) is 0 Å². The van der Waals surface area contributed by atoms with Gasteiger partial charge < -0.3 is 10.2 Å². The van der Waals surface area contributed by atoms with E-state index in [1.807, 2.05) is 0 Å². The van der Waals surface area contributed by atoms with Crippen LogP contribution in [0.5, 0.6) is 0 Å². The molecule has 2 aliphatic rings. The molecule has 1 saturated heterocycles. The van der Waals surface area contributed by atoms with Crippen LogP contribution in [-0.2, 0) is 0 Å². The van der Waals surface area contributed by atoms with Crippen molar-refractivity contribution in [2.24, 2.45) is 5.92 Å². The fourth-order valence-corrected chi connectivity index (χ4v) is 3.40. The number of hydrogen-bond donors (Lipinski definition) is 1. The molecular formula is C14H28N2. The molecule has 0 aromatic rings. The normalized spacial score (nSPS) is 33.4. The molecule has 2 nitrogen and oxygen atoms in total. The largest absolute Gasteiger partial charge is 0.310 e. The number of nitrogens with one attached hydrogen (secondary N) is 1. The minimum atomic E-state index is 0.766. The van der Waals surface area contributed by atoms with Gasteiger partial charge in [-0.1, -0.05) is 33.1 Å². The molecule has 0 aromatic carbocycles. The predicted octanol–water partition coefficient (Wildman–Crippen LogP) is 2.64. The highest BCUT2D eigenvalue weighted by molar-refractivity contribution is 4.86. The molecule has 2 unspecified atom stereocenters. The second-order valence-electron chi connectivity index (χ2n) is 5.71. The summed E-state index contributed by atoms with van der Waals surface area (Å²) in [5.74, 6) is 0.924. The van der Waals surface area contributed by atoms with Crippen molar-refractivity contribution in [3.05, 3.63) is 0 Å². The van der Waals surface area contributed by atoms with Crippen LogP contribution in [0.1, 0.15) is 52.4 Å². The maximum atomic E-state index is 3.90. The zero-order chi connectivity index (χ0) is 11.4. The molecule has 0 amide bonds. The van der Waals surface area contributed by atoms with E-state index < -0.39 is 0 Å². The van der Waals surface area contributed by atoms with Gasteiger partial charge in [-0.25, -0.2) is 0 Å². The minimum absolute atomic E-state index is 0.766. The Bertz CT molecular complexity index is 187. The Labute approximate surface area is 101 Å². The van der Waals surface area contributed by atoms with Crippen LogP contribution in [0.15, 0.2) is 0 Å². The molecule has 0 radical (unpaired) electrons. The molecule has 16 heavy (non-hydrogen) atoms. The van der Waals surface area contributed by atoms with E-state index in [4.69, 9.17) is 0 Å². The third-order valence-electron chi connectivity index (χ3n) is 4.46. The second kappa shape index (κ2) is 6.02. The molecule has 0 spiro atoms. The number of likely N-dealkylation sites (N-methyl/N-ethyl adjacent to an activating group) is 1. The summed E-state index contributed by atoms with van der Waals surface area (Å²) in [4.78, 5) is 2.63. The maximum absolute atomic E-state index is 3.90. The molecule has 0 aromatic heterocycles. The third kappa shape index (κ3) is 3.21. The van der Waals surface area contributed by atoms with Crippen LogP contribution in [0.3, 0.4) is 0 Å². The van der Waals surface area contributed by atoms with Crippen molar-refractivity contribution in [3.63, 3.8) is 0 Å². The average molecular weight is 224 g/mol. The minimum Gasteiger partial charge on any atom is -0.310 e. The fraction of sp³-hybridized carbons (Fsp3) is 1.00. The van der Waals surface area contributed by atoms with Crippen molar-refractivity contribution in [1.82, 2.24) is 10.2 Å². The van der Waals surface area contributed by atoms with Crippen LogP contribution >= 0.6 is 0 Å². The summed E-state index contributed by atoms with van der Waals surface area (Å²) in [6, 6.07) is 1.60. The van der Waals surface area contributed by atoms with Gasteiger partial charge >= 0.3 is 0 Å². The Kier molecular flexibility index (Phi) is 4.66. The van der Waals surface area contributed by atoms with Gasteiger partial charge in [0, 0.05) is 25.2 Å². The van der Waals surface area contributed by atoms with Crippen molar-refractivity contribution in [2.45, 2.75) is 64.5 Å². The molecule has 94 valence electrons. The van der Waals surface area contributed by atoms with Gasteiger partial charge in [-0.15, -0.1) is 0 Å². The lowest BCUT2D eigenvalue weighted by atomic mass is 9.91. The van der Waals surface area contributed by atoms with Crippen molar-refractivity contribution in [2.75, 3.05) is 19.6 Å². The predicted molar refractivity (Wildman–Crippen MR) is 69.7 cm³/mol. The number of rotatable bonds is 4. The van der Waals surface area contributed by atoms with E-state index in [1.54, 1.807) is 0 Å². The summed E-state index contributed by atoms with van der Waals surface area (Å²) in [6.07, 6.45) is 8.47. The number of nitrogens with zero attached hydrogens (tertiary/aromatic N) is 1. The molecule has 2 atom stereocenters. The van der Waals surface area contributed by atoms with Gasteiger partial charge in [0.1, 0.15) is 0 Å². The molecule has 2 heteroatoms. The third-order valence-corrected chi connectivity index (χ3v) is 4.46. The van der Waals surface area contributed by atoms with Gasteiger partial charge in [-0.2, -0.15) is 0 Å². The lowest BCUT2D eigenvalue weighted by molar-refractivity contribution is 0.138. The lowest BCUT2D eigenvalue weighted by Gasteiger charge is -2.38. The molecule has 1 saturated carbocycles. The summed E-state index contributed by atoms with van der Waals surface area (Å²) in [5, 5.41) is 3.90. The lowest BCUT2D eigenvalue weighted by Crippen LogP contribution is -2.51. The number of likely N-dealkylation sites (tertiary alicyclic amines) is 1. The molecule has 2 rings (SSSR count). The molecular weight excluding hydrogens is 196 g/mol. The van der Waals surface area contributed by atoms with Gasteiger partial charge in [0.15, 0.2) is 0 Å². The Hall–Kier alpha value is -0.0800. The van der Waals surface area contributed by atoms with Gasteiger partial charge in [0.05, 0.1) is 0 Å². The number of hydrogen-bond acceptors (Lipinski definition) is 2. The zero-order valence-corrected chi connectivity index (χ0v) is 11.0. The van der Waals surface area contributed by atoms with Crippen molar-refractivity contribution >= 4 is 0 Å². The SMILES string of the molecule is CCC1CC(NC2CCCC2)CN(CC)C1. The Morgan fingerprint density at radius 2 is 1.81 bits per heavy atom. The van der Waals surface area contributed by atoms with Crippen LogP contribution < -0.4 is 5.32 Å². The molecule has 1 heterocycles. The van der Waals surface area contributed by atoms with Gasteiger partial charge in [0.2, 0.25) is 0 Å². The Balaban J connectivity index is 1.82. The highest BCUT2D eigenvalue weighted by atomic mass is 15.2. The highest BCUT2D eigenvalue weighted by Gasteiger charge is 2.27. The quantitative estimate of drug-likeness (QED) is 0.790. The molecule has 1 aliphatic carbocycles. The number of piperidine rings is 1. The van der Waals surface area contributed by atoms with E-state index in [0.717, 1.165) is 18.0 Å². The van der Waals surface area contributed by atoms with Crippen molar-refractivity contribution < 1.29 is 0 Å². The Morgan fingerprint density at radius 1 is 1.06 bits per heavy atom. The van der Waals surface area contributed by atoms with Crippen molar-refractivity contribution in [3.8, 4) is 0 Å². The summed E-state index contributed by atoms with van der Waals surface area (Å²) in [5.41, 5.74) is 0. The smallest absolute Gasteiger partial charge is 0.0200 e. The first-order valence-electron chi connectivity index (χ1n) is 7.30. The fourth-order valence-electron chi connectivity index (χ4n) is 3.40. The zero-order valence-electron chi connectivity index (χ0n) is 11.0. The van der Waals surface area contributed by atoms with E-state index in [9.17, 15) is 0 Å². The maximum Gasteiger partial charge on any atom is 0.0200 e. The molecule has 0 bridgehead atoms. The van der Waals surface area contributed by atoms with Gasteiger partial charge in [0.25, 0.3) is 0 Å². The van der Waals surface area contributed by atoms with Crippen LogP contribution in [0, 0.1) is 5.92 Å². The topological polar surface area (TPSA) is 15.3 Å². The van der Waals surface area contributed by atoms with Crippen LogP contribution in [-0.4, -0.2) is 36.6 Å². The van der Waals surface area contributed by atoms with E-state index >= 15 is 0 Å². The van der Waals surface area contributed by atoms with Crippen LogP contribution in [0.2, 0.25) is 0 Å². The standard InChI is InChI=1S/C14H28N2/c1-3-12-9-14(11-16(4-2)10-12)15-13-7-5-6-8-13/h12-15H,3-11H2,1-2H3. The molecule has 1 N–H and O–H groups in total. The second-order valence-corrected chi connectivity index (χ2v) is 5.71. The van der Waals surface area contributed by atoms with Crippen LogP contribution in [0.25, 0.3) is 0 Å². The van der Waals surface area contributed by atoms with E-state index in [-0.39, 0.29) is 0 Å². The van der Waals surface area contributed by atoms with Gasteiger partial charge in [-0.05, 0) is 31.7 Å². The molecule has 1 aliphatic heterocycles. The summed E-state index contributed by atoms with van der Waals surface area (Å²) in [7, 11) is 0. The average Bonchev–Trinajstić information content (AvgIpc) is 2.81. The van der Waals surface area contributed by atoms with E-state index in [0.29, 0.717) is 0 Å². The van der Waals surface area contributed by atoms with Gasteiger partial charge in [-0.3, -0.25) is 0 Å². The summed E-state index contributed by atoms with van der Waals surface area (Å²) < 4.78 is 0. The van der Waals surface area contributed by atoms with E-state index in [2.05, 4.69) is 24.1 Å². The summed E-state index contributed by atoms with van der Waals surface area (Å²) >= 11 is 0. The Morgan fingerprint density at radius 3 is 2.44 bits per heavy atom. The first-order chi connectivity index (χ1) is 7.81. The summed E-state index contributed by atoms with van der Waals surface area (Å²) in [6.45, 7) is 8.47. The monoisotopic (exact) mass is 224 g/mol. The van der Waals surface area contributed by atoms with E-state index in [1.165, 1.54) is 58.2 Å². The highest BCUT2D eigenvalue weighted by Crippen LogP contribution is 2.23. The van der Waals surface area contributed by atoms with Crippen LogP contribution in [0.4, 0.5) is 0 Å².